The molecule has 0 atom stereocenters. The minimum absolute atomic E-state index is 0.845. The van der Waals surface area contributed by atoms with E-state index >= 15 is 0 Å². The third-order valence-corrected chi connectivity index (χ3v) is 4.73. The van der Waals surface area contributed by atoms with Crippen molar-refractivity contribution in [3.63, 3.8) is 0 Å². The van der Waals surface area contributed by atoms with Crippen LogP contribution in [-0.2, 0) is 0 Å². The van der Waals surface area contributed by atoms with E-state index in [0.29, 0.717) is 0 Å². The first-order chi connectivity index (χ1) is 6.95. The zero-order valence-corrected chi connectivity index (χ0v) is 9.95. The molecule has 0 spiro atoms. The topological polar surface area (TPSA) is 12.0 Å². The SMILES string of the molecule is C1CCC(CCNC2CCSCC2)C1. The summed E-state index contributed by atoms with van der Waals surface area (Å²) in [4.78, 5) is 0. The van der Waals surface area contributed by atoms with Gasteiger partial charge in [-0.3, -0.25) is 0 Å². The summed E-state index contributed by atoms with van der Waals surface area (Å²) in [5, 5.41) is 3.74. The summed E-state index contributed by atoms with van der Waals surface area (Å²) in [6, 6.07) is 0.845. The molecule has 0 aromatic heterocycles. The van der Waals surface area contributed by atoms with Gasteiger partial charge in [0.2, 0.25) is 0 Å². The molecule has 0 aromatic rings. The molecule has 0 unspecified atom stereocenters. The first kappa shape index (κ1) is 10.8. The van der Waals surface area contributed by atoms with Gasteiger partial charge in [-0.05, 0) is 43.2 Å². The quantitative estimate of drug-likeness (QED) is 0.770. The number of nitrogens with one attached hydrogen (secondary N) is 1. The lowest BCUT2D eigenvalue weighted by molar-refractivity contribution is 0.425. The monoisotopic (exact) mass is 213 g/mol. The average molecular weight is 213 g/mol. The lowest BCUT2D eigenvalue weighted by Gasteiger charge is -2.23. The van der Waals surface area contributed by atoms with Gasteiger partial charge in [0.25, 0.3) is 0 Å². The Bertz CT molecular complexity index is 148. The maximum Gasteiger partial charge on any atom is 0.00827 e. The Morgan fingerprint density at radius 3 is 2.43 bits per heavy atom. The molecule has 1 saturated carbocycles. The van der Waals surface area contributed by atoms with Crippen molar-refractivity contribution in [1.82, 2.24) is 5.32 Å². The molecule has 1 N–H and O–H groups in total. The smallest absolute Gasteiger partial charge is 0.00827 e. The third-order valence-electron chi connectivity index (χ3n) is 3.68. The second-order valence-corrected chi connectivity index (χ2v) is 6.00. The van der Waals surface area contributed by atoms with Gasteiger partial charge in [0.05, 0.1) is 0 Å². The molecule has 1 saturated heterocycles. The van der Waals surface area contributed by atoms with Crippen molar-refractivity contribution < 1.29 is 0 Å². The van der Waals surface area contributed by atoms with Crippen molar-refractivity contribution in [2.45, 2.75) is 51.0 Å². The molecule has 0 amide bonds. The molecule has 2 heteroatoms. The standard InChI is InChI=1S/C12H23NS/c1-2-4-11(3-1)5-8-13-12-6-9-14-10-7-12/h11-13H,1-10H2. The number of thioether (sulfide) groups is 1. The Hall–Kier alpha value is 0.310. The Morgan fingerprint density at radius 2 is 1.71 bits per heavy atom. The first-order valence-corrected chi connectivity index (χ1v) is 7.42. The lowest BCUT2D eigenvalue weighted by atomic mass is 10.0. The fraction of sp³-hybridized carbons (Fsp3) is 1.00. The Morgan fingerprint density at radius 1 is 1.00 bits per heavy atom. The predicted molar refractivity (Wildman–Crippen MR) is 64.9 cm³/mol. The van der Waals surface area contributed by atoms with E-state index in [2.05, 4.69) is 17.1 Å². The Kier molecular flexibility index (Phi) is 4.65. The molecule has 14 heavy (non-hydrogen) atoms. The van der Waals surface area contributed by atoms with Crippen LogP contribution in [0, 0.1) is 5.92 Å². The van der Waals surface area contributed by atoms with Crippen molar-refractivity contribution >= 4 is 11.8 Å². The maximum atomic E-state index is 3.74. The summed E-state index contributed by atoms with van der Waals surface area (Å²) in [7, 11) is 0. The highest BCUT2D eigenvalue weighted by Crippen LogP contribution is 2.27. The van der Waals surface area contributed by atoms with Crippen LogP contribution in [0.2, 0.25) is 0 Å². The highest BCUT2D eigenvalue weighted by Gasteiger charge is 2.16. The minimum atomic E-state index is 0.845. The van der Waals surface area contributed by atoms with E-state index in [1.165, 1.54) is 63.0 Å². The normalized spacial score (nSPS) is 25.7. The van der Waals surface area contributed by atoms with Gasteiger partial charge in [-0.2, -0.15) is 11.8 Å². The van der Waals surface area contributed by atoms with Crippen LogP contribution in [0.5, 0.6) is 0 Å². The average Bonchev–Trinajstić information content (AvgIpc) is 2.72. The van der Waals surface area contributed by atoms with E-state index in [4.69, 9.17) is 0 Å². The molecule has 1 aliphatic carbocycles. The molecule has 82 valence electrons. The van der Waals surface area contributed by atoms with Gasteiger partial charge in [0.15, 0.2) is 0 Å². The van der Waals surface area contributed by atoms with E-state index < -0.39 is 0 Å². The van der Waals surface area contributed by atoms with Gasteiger partial charge in [-0.15, -0.1) is 0 Å². The van der Waals surface area contributed by atoms with Crippen LogP contribution in [0.1, 0.15) is 44.9 Å². The van der Waals surface area contributed by atoms with Crippen molar-refractivity contribution in [3.8, 4) is 0 Å². The zero-order chi connectivity index (χ0) is 9.64. The van der Waals surface area contributed by atoms with Gasteiger partial charge in [0.1, 0.15) is 0 Å². The van der Waals surface area contributed by atoms with Gasteiger partial charge >= 0.3 is 0 Å². The number of rotatable bonds is 4. The third kappa shape index (κ3) is 3.47. The zero-order valence-electron chi connectivity index (χ0n) is 9.13. The molecule has 2 fully saturated rings. The molecule has 0 aromatic carbocycles. The van der Waals surface area contributed by atoms with Gasteiger partial charge < -0.3 is 5.32 Å². The maximum absolute atomic E-state index is 3.74. The molecule has 1 aliphatic heterocycles. The van der Waals surface area contributed by atoms with E-state index in [-0.39, 0.29) is 0 Å². The van der Waals surface area contributed by atoms with E-state index in [0.717, 1.165) is 12.0 Å². The highest BCUT2D eigenvalue weighted by atomic mass is 32.2. The van der Waals surface area contributed by atoms with Gasteiger partial charge in [-0.25, -0.2) is 0 Å². The summed E-state index contributed by atoms with van der Waals surface area (Å²) in [5.74, 6) is 3.81. The van der Waals surface area contributed by atoms with Crippen molar-refractivity contribution in [1.29, 1.82) is 0 Å². The fourth-order valence-corrected chi connectivity index (χ4v) is 3.80. The molecular weight excluding hydrogens is 190 g/mol. The van der Waals surface area contributed by atoms with E-state index in [1.807, 2.05) is 0 Å². The van der Waals surface area contributed by atoms with Crippen molar-refractivity contribution in [3.05, 3.63) is 0 Å². The van der Waals surface area contributed by atoms with Crippen LogP contribution in [0.3, 0.4) is 0 Å². The van der Waals surface area contributed by atoms with Crippen molar-refractivity contribution in [2.75, 3.05) is 18.1 Å². The Labute approximate surface area is 92.4 Å². The second kappa shape index (κ2) is 6.02. The largest absolute Gasteiger partial charge is 0.314 e. The van der Waals surface area contributed by atoms with Crippen LogP contribution in [0.25, 0.3) is 0 Å². The van der Waals surface area contributed by atoms with Crippen molar-refractivity contribution in [2.24, 2.45) is 5.92 Å². The predicted octanol–water partition coefficient (Wildman–Crippen LogP) is 3.05. The summed E-state index contributed by atoms with van der Waals surface area (Å²) < 4.78 is 0. The van der Waals surface area contributed by atoms with Crippen LogP contribution >= 0.6 is 11.8 Å². The van der Waals surface area contributed by atoms with Crippen LogP contribution in [-0.4, -0.2) is 24.1 Å². The fourth-order valence-electron chi connectivity index (χ4n) is 2.69. The van der Waals surface area contributed by atoms with E-state index in [9.17, 15) is 0 Å². The molecule has 0 radical (unpaired) electrons. The number of hydrogen-bond donors (Lipinski definition) is 1. The molecule has 2 aliphatic rings. The van der Waals surface area contributed by atoms with Gasteiger partial charge in [-0.1, -0.05) is 25.7 Å². The molecule has 0 bridgehead atoms. The van der Waals surface area contributed by atoms with Crippen LogP contribution in [0.4, 0.5) is 0 Å². The molecule has 1 nitrogen and oxygen atoms in total. The summed E-state index contributed by atoms with van der Waals surface area (Å²) in [5.41, 5.74) is 0. The van der Waals surface area contributed by atoms with Crippen LogP contribution in [0.15, 0.2) is 0 Å². The highest BCUT2D eigenvalue weighted by molar-refractivity contribution is 7.99. The summed E-state index contributed by atoms with van der Waals surface area (Å²) >= 11 is 2.12. The molecule has 2 rings (SSSR count). The van der Waals surface area contributed by atoms with Crippen LogP contribution < -0.4 is 5.32 Å². The molecular formula is C12H23NS. The summed E-state index contributed by atoms with van der Waals surface area (Å²) in [6.07, 6.45) is 10.2. The number of hydrogen-bond acceptors (Lipinski definition) is 2. The molecule has 1 heterocycles. The van der Waals surface area contributed by atoms with E-state index in [1.54, 1.807) is 0 Å². The first-order valence-electron chi connectivity index (χ1n) is 6.26. The minimum Gasteiger partial charge on any atom is -0.314 e. The second-order valence-electron chi connectivity index (χ2n) is 4.78. The Balaban J connectivity index is 1.52. The lowest BCUT2D eigenvalue weighted by Crippen LogP contribution is -2.33. The van der Waals surface area contributed by atoms with Gasteiger partial charge in [0, 0.05) is 6.04 Å². The summed E-state index contributed by atoms with van der Waals surface area (Å²) in [6.45, 7) is 1.28.